The molecule has 0 saturated heterocycles. The minimum atomic E-state index is -0.0318. The summed E-state index contributed by atoms with van der Waals surface area (Å²) in [5.74, 6) is 0.747. The lowest BCUT2D eigenvalue weighted by Crippen LogP contribution is -2.18. The van der Waals surface area contributed by atoms with Gasteiger partial charge in [-0.15, -0.1) is 0 Å². The number of rotatable bonds is 7. The van der Waals surface area contributed by atoms with Gasteiger partial charge in [-0.05, 0) is 25.5 Å². The molecule has 0 fully saturated rings. The Morgan fingerprint density at radius 2 is 2.16 bits per heavy atom. The normalized spacial score (nSPS) is 11.2. The Morgan fingerprint density at radius 1 is 1.37 bits per heavy atom. The number of hydrazone groups is 1. The van der Waals surface area contributed by atoms with E-state index in [1.165, 1.54) is 0 Å². The van der Waals surface area contributed by atoms with E-state index in [9.17, 15) is 4.79 Å². The topological polar surface area (TPSA) is 50.7 Å². The first kappa shape index (κ1) is 15.2. The fourth-order valence-electron chi connectivity index (χ4n) is 1.65. The Hall–Kier alpha value is -1.84. The Labute approximate surface area is 114 Å². The summed E-state index contributed by atoms with van der Waals surface area (Å²) in [5.41, 5.74) is 4.29. The van der Waals surface area contributed by atoms with Crippen molar-refractivity contribution in [2.75, 3.05) is 7.11 Å². The zero-order chi connectivity index (χ0) is 14.1. The molecule has 0 aromatic heterocycles. The van der Waals surface area contributed by atoms with Gasteiger partial charge in [0, 0.05) is 12.0 Å². The molecule has 0 spiro atoms. The number of carbonyl (C=O) groups excluding carboxylic acids is 1. The second-order valence-corrected chi connectivity index (χ2v) is 4.42. The van der Waals surface area contributed by atoms with E-state index < -0.39 is 0 Å². The smallest absolute Gasteiger partial charge is 0.240 e. The molecule has 1 aromatic rings. The monoisotopic (exact) mass is 262 g/mol. The fourth-order valence-corrected chi connectivity index (χ4v) is 1.65. The standard InChI is InChI=1S/C15H22N2O2/c1-4-5-6-10-15(18)17-16-12(2)13-8-7-9-14(11-13)19-3/h7-9,11H,4-6,10H2,1-3H3,(H,17,18). The van der Waals surface area contributed by atoms with Crippen molar-refractivity contribution in [3.63, 3.8) is 0 Å². The van der Waals surface area contributed by atoms with Crippen molar-refractivity contribution >= 4 is 11.6 Å². The van der Waals surface area contributed by atoms with Gasteiger partial charge in [0.25, 0.3) is 0 Å². The van der Waals surface area contributed by atoms with Gasteiger partial charge in [-0.25, -0.2) is 5.43 Å². The largest absolute Gasteiger partial charge is 0.497 e. The molecular weight excluding hydrogens is 240 g/mol. The predicted octanol–water partition coefficient (Wildman–Crippen LogP) is 3.12. The molecule has 0 aliphatic rings. The van der Waals surface area contributed by atoms with Crippen molar-refractivity contribution in [3.05, 3.63) is 29.8 Å². The first-order valence-corrected chi connectivity index (χ1v) is 6.65. The summed E-state index contributed by atoms with van der Waals surface area (Å²) in [6.45, 7) is 3.98. The minimum absolute atomic E-state index is 0.0318. The Morgan fingerprint density at radius 3 is 2.84 bits per heavy atom. The van der Waals surface area contributed by atoms with Gasteiger partial charge < -0.3 is 4.74 Å². The van der Waals surface area contributed by atoms with Gasteiger partial charge >= 0.3 is 0 Å². The number of amides is 1. The third-order valence-electron chi connectivity index (χ3n) is 2.84. The highest BCUT2D eigenvalue weighted by Gasteiger charge is 2.02. The molecule has 0 atom stereocenters. The number of methoxy groups -OCH3 is 1. The molecule has 1 amide bonds. The molecule has 0 aliphatic heterocycles. The van der Waals surface area contributed by atoms with Crippen LogP contribution in [0.2, 0.25) is 0 Å². The summed E-state index contributed by atoms with van der Waals surface area (Å²) in [5, 5.41) is 4.11. The van der Waals surface area contributed by atoms with Crippen LogP contribution in [-0.4, -0.2) is 18.7 Å². The second-order valence-electron chi connectivity index (χ2n) is 4.42. The van der Waals surface area contributed by atoms with E-state index in [2.05, 4.69) is 17.5 Å². The van der Waals surface area contributed by atoms with E-state index in [0.29, 0.717) is 6.42 Å². The summed E-state index contributed by atoms with van der Waals surface area (Å²) in [7, 11) is 1.63. The van der Waals surface area contributed by atoms with Crippen LogP contribution in [0.4, 0.5) is 0 Å². The molecule has 0 unspecified atom stereocenters. The number of carbonyl (C=O) groups is 1. The average Bonchev–Trinajstić information content (AvgIpc) is 2.45. The third kappa shape index (κ3) is 5.55. The number of hydrogen-bond acceptors (Lipinski definition) is 3. The van der Waals surface area contributed by atoms with Crippen molar-refractivity contribution < 1.29 is 9.53 Å². The predicted molar refractivity (Wildman–Crippen MR) is 77.5 cm³/mol. The lowest BCUT2D eigenvalue weighted by Gasteiger charge is -2.05. The van der Waals surface area contributed by atoms with Crippen LogP contribution in [0.5, 0.6) is 5.75 Å². The number of hydrogen-bond donors (Lipinski definition) is 1. The zero-order valence-electron chi connectivity index (χ0n) is 11.9. The Kier molecular flexibility index (Phi) is 6.64. The summed E-state index contributed by atoms with van der Waals surface area (Å²) in [4.78, 5) is 11.5. The molecule has 0 saturated carbocycles. The van der Waals surface area contributed by atoms with E-state index >= 15 is 0 Å². The first-order valence-electron chi connectivity index (χ1n) is 6.65. The molecule has 1 aromatic carbocycles. The van der Waals surface area contributed by atoms with Gasteiger partial charge in [-0.2, -0.15) is 5.10 Å². The maximum atomic E-state index is 11.5. The molecule has 1 N–H and O–H groups in total. The SMILES string of the molecule is CCCCCC(=O)NN=C(C)c1cccc(OC)c1. The molecule has 4 heteroatoms. The minimum Gasteiger partial charge on any atom is -0.497 e. The summed E-state index contributed by atoms with van der Waals surface area (Å²) >= 11 is 0. The summed E-state index contributed by atoms with van der Waals surface area (Å²) in [6, 6.07) is 7.60. The van der Waals surface area contributed by atoms with E-state index in [1.54, 1.807) is 7.11 Å². The van der Waals surface area contributed by atoms with Crippen molar-refractivity contribution in [1.29, 1.82) is 0 Å². The molecule has 0 aliphatic carbocycles. The van der Waals surface area contributed by atoms with Gasteiger partial charge in [0.15, 0.2) is 0 Å². The highest BCUT2D eigenvalue weighted by atomic mass is 16.5. The van der Waals surface area contributed by atoms with Crippen LogP contribution in [0, 0.1) is 0 Å². The molecule has 19 heavy (non-hydrogen) atoms. The van der Waals surface area contributed by atoms with Crippen molar-refractivity contribution in [3.8, 4) is 5.75 Å². The molecular formula is C15H22N2O2. The summed E-state index contributed by atoms with van der Waals surface area (Å²) < 4.78 is 5.15. The van der Waals surface area contributed by atoms with Gasteiger partial charge in [-0.3, -0.25) is 4.79 Å². The van der Waals surface area contributed by atoms with E-state index in [1.807, 2.05) is 31.2 Å². The number of nitrogens with one attached hydrogen (secondary N) is 1. The molecule has 4 nitrogen and oxygen atoms in total. The average molecular weight is 262 g/mol. The number of unbranched alkanes of at least 4 members (excludes halogenated alkanes) is 2. The molecule has 0 radical (unpaired) electrons. The highest BCUT2D eigenvalue weighted by molar-refractivity contribution is 5.99. The van der Waals surface area contributed by atoms with Crippen LogP contribution in [0.25, 0.3) is 0 Å². The number of ether oxygens (including phenoxy) is 1. The quantitative estimate of drug-likeness (QED) is 0.466. The molecule has 0 heterocycles. The van der Waals surface area contributed by atoms with Gasteiger partial charge in [0.05, 0.1) is 12.8 Å². The van der Waals surface area contributed by atoms with E-state index in [4.69, 9.17) is 4.74 Å². The number of nitrogens with zero attached hydrogens (tertiary/aromatic N) is 1. The van der Waals surface area contributed by atoms with Gasteiger partial charge in [0.1, 0.15) is 5.75 Å². The Balaban J connectivity index is 2.53. The number of benzene rings is 1. The van der Waals surface area contributed by atoms with Crippen LogP contribution in [-0.2, 0) is 4.79 Å². The zero-order valence-corrected chi connectivity index (χ0v) is 11.9. The van der Waals surface area contributed by atoms with Crippen LogP contribution in [0.3, 0.4) is 0 Å². The lowest BCUT2D eigenvalue weighted by atomic mass is 10.1. The Bertz CT molecular complexity index is 442. The van der Waals surface area contributed by atoms with Crippen LogP contribution in [0.15, 0.2) is 29.4 Å². The van der Waals surface area contributed by atoms with E-state index in [-0.39, 0.29) is 5.91 Å². The lowest BCUT2D eigenvalue weighted by molar-refractivity contribution is -0.121. The van der Waals surface area contributed by atoms with Crippen molar-refractivity contribution in [2.24, 2.45) is 5.10 Å². The van der Waals surface area contributed by atoms with Crippen molar-refractivity contribution in [2.45, 2.75) is 39.5 Å². The van der Waals surface area contributed by atoms with E-state index in [0.717, 1.165) is 36.3 Å². The maximum absolute atomic E-state index is 11.5. The summed E-state index contributed by atoms with van der Waals surface area (Å²) in [6.07, 6.45) is 3.63. The highest BCUT2D eigenvalue weighted by Crippen LogP contribution is 2.13. The maximum Gasteiger partial charge on any atom is 0.240 e. The molecule has 1 rings (SSSR count). The first-order chi connectivity index (χ1) is 9.17. The fraction of sp³-hybridized carbons (Fsp3) is 0.467. The van der Waals surface area contributed by atoms with Crippen molar-refractivity contribution in [1.82, 2.24) is 5.43 Å². The molecule has 104 valence electrons. The second kappa shape index (κ2) is 8.29. The van der Waals surface area contributed by atoms with Gasteiger partial charge in [-0.1, -0.05) is 31.9 Å². The van der Waals surface area contributed by atoms with Gasteiger partial charge in [0.2, 0.25) is 5.91 Å². The van der Waals surface area contributed by atoms with Crippen LogP contribution in [0.1, 0.15) is 45.1 Å². The van der Waals surface area contributed by atoms with Crippen LogP contribution < -0.4 is 10.2 Å². The van der Waals surface area contributed by atoms with Crippen LogP contribution >= 0.6 is 0 Å². The molecule has 0 bridgehead atoms. The third-order valence-corrected chi connectivity index (χ3v) is 2.84.